The maximum atomic E-state index is 13.2. The monoisotopic (exact) mass is 400 g/mol. The Bertz CT molecular complexity index is 1020. The van der Waals surface area contributed by atoms with Gasteiger partial charge in [-0.05, 0) is 28.8 Å². The molecule has 0 spiro atoms. The molecule has 3 aromatic rings. The van der Waals surface area contributed by atoms with Crippen LogP contribution in [0, 0.1) is 0 Å². The van der Waals surface area contributed by atoms with E-state index in [0.717, 1.165) is 16.7 Å². The van der Waals surface area contributed by atoms with Gasteiger partial charge in [0.2, 0.25) is 5.91 Å². The summed E-state index contributed by atoms with van der Waals surface area (Å²) in [6.07, 6.45) is 0. The molecule has 5 heteroatoms. The molecule has 1 atom stereocenters. The topological polar surface area (TPSA) is 49.9 Å². The van der Waals surface area contributed by atoms with Crippen LogP contribution in [0.3, 0.4) is 0 Å². The van der Waals surface area contributed by atoms with E-state index in [4.69, 9.17) is 4.74 Å². The van der Waals surface area contributed by atoms with Crippen molar-refractivity contribution in [1.29, 1.82) is 0 Å². The fourth-order valence-corrected chi connectivity index (χ4v) is 3.90. The highest BCUT2D eigenvalue weighted by Crippen LogP contribution is 2.28. The average Bonchev–Trinajstić information content (AvgIpc) is 2.79. The molecule has 1 aliphatic rings. The Morgan fingerprint density at radius 1 is 0.933 bits per heavy atom. The normalized spacial score (nSPS) is 17.0. The molecule has 0 bridgehead atoms. The number of esters is 1. The van der Waals surface area contributed by atoms with Crippen LogP contribution < -0.4 is 4.90 Å². The van der Waals surface area contributed by atoms with Gasteiger partial charge in [-0.2, -0.15) is 0 Å². The van der Waals surface area contributed by atoms with Gasteiger partial charge in [0.05, 0.1) is 13.7 Å². The van der Waals surface area contributed by atoms with Crippen LogP contribution in [0.2, 0.25) is 0 Å². The number of rotatable bonds is 5. The molecule has 4 rings (SSSR count). The Hall–Kier alpha value is -3.44. The maximum absolute atomic E-state index is 13.2. The van der Waals surface area contributed by atoms with E-state index < -0.39 is 12.0 Å². The molecule has 1 saturated heterocycles. The fraction of sp³-hybridized carbons (Fsp3) is 0.200. The maximum Gasteiger partial charge on any atom is 0.330 e. The highest BCUT2D eigenvalue weighted by molar-refractivity contribution is 6.02. The summed E-state index contributed by atoms with van der Waals surface area (Å²) in [5.41, 5.74) is 3.87. The van der Waals surface area contributed by atoms with Crippen LogP contribution in [0.25, 0.3) is 11.1 Å². The van der Waals surface area contributed by atoms with Crippen molar-refractivity contribution in [2.45, 2.75) is 12.6 Å². The molecular weight excluding hydrogens is 376 g/mol. The predicted octanol–water partition coefficient (Wildman–Crippen LogP) is 3.74. The molecule has 0 N–H and O–H groups in total. The Morgan fingerprint density at radius 3 is 2.30 bits per heavy atom. The van der Waals surface area contributed by atoms with Crippen LogP contribution in [-0.2, 0) is 20.9 Å². The Balaban J connectivity index is 1.62. The minimum atomic E-state index is -0.689. The number of amides is 1. The second-order valence-electron chi connectivity index (χ2n) is 7.37. The second-order valence-corrected chi connectivity index (χ2v) is 7.37. The minimum Gasteiger partial charge on any atom is -0.467 e. The Kier molecular flexibility index (Phi) is 5.91. The second kappa shape index (κ2) is 8.93. The summed E-state index contributed by atoms with van der Waals surface area (Å²) in [6.45, 7) is 1.28. The summed E-state index contributed by atoms with van der Waals surface area (Å²) in [4.78, 5) is 29.3. The molecule has 3 aromatic carbocycles. The van der Waals surface area contributed by atoms with Crippen molar-refractivity contribution in [3.63, 3.8) is 0 Å². The third kappa shape index (κ3) is 4.26. The number of piperazine rings is 1. The van der Waals surface area contributed by atoms with Gasteiger partial charge in [0.15, 0.2) is 0 Å². The molecule has 1 fully saturated rings. The molecule has 1 aliphatic heterocycles. The Labute approximate surface area is 176 Å². The zero-order valence-corrected chi connectivity index (χ0v) is 16.9. The van der Waals surface area contributed by atoms with Crippen LogP contribution in [0.15, 0.2) is 84.9 Å². The molecule has 0 saturated carbocycles. The summed E-state index contributed by atoms with van der Waals surface area (Å²) >= 11 is 0. The van der Waals surface area contributed by atoms with Gasteiger partial charge < -0.3 is 4.74 Å². The van der Waals surface area contributed by atoms with E-state index in [9.17, 15) is 9.59 Å². The van der Waals surface area contributed by atoms with Crippen molar-refractivity contribution in [3.8, 4) is 11.1 Å². The number of nitrogens with zero attached hydrogens (tertiary/aromatic N) is 2. The molecule has 0 aliphatic carbocycles. The molecular formula is C25H24N2O3. The third-order valence-corrected chi connectivity index (χ3v) is 5.32. The standard InChI is InChI=1S/C25H24N2O3/c1-30-25(29)23-17-26(16-19-9-4-2-5-10-19)18-24(28)27(23)22-14-8-13-21(15-22)20-11-6-3-7-12-20/h2-15,23H,16-18H2,1H3. The first-order valence-corrected chi connectivity index (χ1v) is 9.97. The van der Waals surface area contributed by atoms with Crippen LogP contribution >= 0.6 is 0 Å². The van der Waals surface area contributed by atoms with Crippen molar-refractivity contribution in [2.24, 2.45) is 0 Å². The van der Waals surface area contributed by atoms with Crippen LogP contribution in [0.5, 0.6) is 0 Å². The first kappa shape index (κ1) is 19.9. The van der Waals surface area contributed by atoms with Gasteiger partial charge in [-0.15, -0.1) is 0 Å². The number of anilines is 1. The van der Waals surface area contributed by atoms with Gasteiger partial charge in [0.1, 0.15) is 6.04 Å². The van der Waals surface area contributed by atoms with Crippen molar-refractivity contribution >= 4 is 17.6 Å². The number of benzene rings is 3. The summed E-state index contributed by atoms with van der Waals surface area (Å²) in [5, 5.41) is 0. The highest BCUT2D eigenvalue weighted by atomic mass is 16.5. The molecule has 1 heterocycles. The molecule has 0 radical (unpaired) electrons. The lowest BCUT2D eigenvalue weighted by Crippen LogP contribution is -2.59. The van der Waals surface area contributed by atoms with E-state index in [1.54, 1.807) is 4.90 Å². The molecule has 152 valence electrons. The smallest absolute Gasteiger partial charge is 0.330 e. The fourth-order valence-electron chi connectivity index (χ4n) is 3.90. The molecule has 0 aromatic heterocycles. The van der Waals surface area contributed by atoms with Gasteiger partial charge in [-0.1, -0.05) is 72.8 Å². The summed E-state index contributed by atoms with van der Waals surface area (Å²) < 4.78 is 5.04. The van der Waals surface area contributed by atoms with E-state index in [-0.39, 0.29) is 12.5 Å². The lowest BCUT2D eigenvalue weighted by Gasteiger charge is -2.39. The van der Waals surface area contributed by atoms with Gasteiger partial charge >= 0.3 is 5.97 Å². The minimum absolute atomic E-state index is 0.113. The number of carbonyl (C=O) groups excluding carboxylic acids is 2. The summed E-state index contributed by atoms with van der Waals surface area (Å²) in [7, 11) is 1.36. The van der Waals surface area contributed by atoms with Crippen molar-refractivity contribution in [2.75, 3.05) is 25.1 Å². The van der Waals surface area contributed by atoms with Crippen LogP contribution in [-0.4, -0.2) is 43.0 Å². The average molecular weight is 400 g/mol. The van der Waals surface area contributed by atoms with Crippen molar-refractivity contribution in [1.82, 2.24) is 4.90 Å². The summed E-state index contributed by atoms with van der Waals surface area (Å²) in [6, 6.07) is 27.0. The first-order valence-electron chi connectivity index (χ1n) is 9.97. The van der Waals surface area contributed by atoms with Gasteiger partial charge in [-0.3, -0.25) is 14.6 Å². The lowest BCUT2D eigenvalue weighted by molar-refractivity contribution is -0.145. The van der Waals surface area contributed by atoms with E-state index in [1.807, 2.05) is 89.8 Å². The van der Waals surface area contributed by atoms with Gasteiger partial charge in [0.25, 0.3) is 0 Å². The zero-order chi connectivity index (χ0) is 20.9. The number of methoxy groups -OCH3 is 1. The lowest BCUT2D eigenvalue weighted by atomic mass is 10.0. The van der Waals surface area contributed by atoms with Crippen molar-refractivity contribution in [3.05, 3.63) is 90.5 Å². The van der Waals surface area contributed by atoms with E-state index in [1.165, 1.54) is 7.11 Å². The number of carbonyl (C=O) groups is 2. The Morgan fingerprint density at radius 2 is 1.60 bits per heavy atom. The molecule has 5 nitrogen and oxygen atoms in total. The predicted molar refractivity (Wildman–Crippen MR) is 117 cm³/mol. The molecule has 1 unspecified atom stereocenters. The molecule has 1 amide bonds. The largest absolute Gasteiger partial charge is 0.467 e. The first-order chi connectivity index (χ1) is 14.7. The van der Waals surface area contributed by atoms with Crippen LogP contribution in [0.1, 0.15) is 5.56 Å². The van der Waals surface area contributed by atoms with Gasteiger partial charge in [0, 0.05) is 18.8 Å². The van der Waals surface area contributed by atoms with Crippen molar-refractivity contribution < 1.29 is 14.3 Å². The number of hydrogen-bond donors (Lipinski definition) is 0. The summed E-state index contributed by atoms with van der Waals surface area (Å²) in [5.74, 6) is -0.524. The zero-order valence-electron chi connectivity index (χ0n) is 16.9. The van der Waals surface area contributed by atoms with E-state index in [2.05, 4.69) is 0 Å². The quantitative estimate of drug-likeness (QED) is 0.612. The highest BCUT2D eigenvalue weighted by Gasteiger charge is 2.38. The van der Waals surface area contributed by atoms with E-state index >= 15 is 0 Å². The SMILES string of the molecule is COC(=O)C1CN(Cc2ccccc2)CC(=O)N1c1cccc(-c2ccccc2)c1. The molecule has 30 heavy (non-hydrogen) atoms. The van der Waals surface area contributed by atoms with E-state index in [0.29, 0.717) is 18.8 Å². The third-order valence-electron chi connectivity index (χ3n) is 5.32. The number of ether oxygens (including phenoxy) is 1. The van der Waals surface area contributed by atoms with Crippen LogP contribution in [0.4, 0.5) is 5.69 Å². The number of hydrogen-bond acceptors (Lipinski definition) is 4. The van der Waals surface area contributed by atoms with Gasteiger partial charge in [-0.25, -0.2) is 4.79 Å².